The Kier molecular flexibility index (Phi) is 4.53. The lowest BCUT2D eigenvalue weighted by Crippen LogP contribution is -2.34. The van der Waals surface area contributed by atoms with Crippen LogP contribution in [0.1, 0.15) is 6.92 Å². The van der Waals surface area contributed by atoms with Gasteiger partial charge in [-0.1, -0.05) is 0 Å². The first-order chi connectivity index (χ1) is 6.29. The summed E-state index contributed by atoms with van der Waals surface area (Å²) >= 11 is 0. The van der Waals surface area contributed by atoms with Crippen molar-refractivity contribution in [3.63, 3.8) is 0 Å². The van der Waals surface area contributed by atoms with Gasteiger partial charge in [0.25, 0.3) is 0 Å². The van der Waals surface area contributed by atoms with Crippen molar-refractivity contribution in [2.75, 3.05) is 19.3 Å². The highest BCUT2D eigenvalue weighted by Gasteiger charge is 2.22. The zero-order chi connectivity index (χ0) is 11.4. The number of nitriles is 1. The van der Waals surface area contributed by atoms with Crippen LogP contribution < -0.4 is 0 Å². The van der Waals surface area contributed by atoms with E-state index < -0.39 is 27.7 Å². The number of aliphatic carboxylic acids is 1. The van der Waals surface area contributed by atoms with Crippen LogP contribution in [0.3, 0.4) is 0 Å². The van der Waals surface area contributed by atoms with E-state index in [-0.39, 0.29) is 6.54 Å². The Bertz CT molecular complexity index is 343. The molecule has 7 heteroatoms. The summed E-state index contributed by atoms with van der Waals surface area (Å²) in [4.78, 5) is 10.2. The molecule has 6 nitrogen and oxygen atoms in total. The highest BCUT2D eigenvalue weighted by Crippen LogP contribution is 2.03. The van der Waals surface area contributed by atoms with E-state index in [4.69, 9.17) is 10.4 Å². The number of carboxylic acid groups (broad SMARTS) is 1. The minimum Gasteiger partial charge on any atom is -0.480 e. The van der Waals surface area contributed by atoms with Crippen LogP contribution in [0.2, 0.25) is 0 Å². The zero-order valence-electron chi connectivity index (χ0n) is 7.97. The fourth-order valence-corrected chi connectivity index (χ4v) is 1.79. The van der Waals surface area contributed by atoms with E-state index in [0.29, 0.717) is 0 Å². The maximum absolute atomic E-state index is 11.2. The summed E-state index contributed by atoms with van der Waals surface area (Å²) in [5, 5.41) is 16.8. The molecule has 0 aromatic carbocycles. The fraction of sp³-hybridized carbons (Fsp3) is 0.714. The lowest BCUT2D eigenvalue weighted by atomic mass is 10.2. The van der Waals surface area contributed by atoms with Crippen molar-refractivity contribution >= 4 is 16.0 Å². The molecule has 1 atom stereocenters. The van der Waals surface area contributed by atoms with Crippen molar-refractivity contribution in [3.05, 3.63) is 0 Å². The number of sulfonamides is 1. The van der Waals surface area contributed by atoms with Gasteiger partial charge in [-0.25, -0.2) is 12.7 Å². The molecule has 0 radical (unpaired) electrons. The summed E-state index contributed by atoms with van der Waals surface area (Å²) in [5.41, 5.74) is 0. The Labute approximate surface area is 82.8 Å². The van der Waals surface area contributed by atoms with Crippen molar-refractivity contribution in [1.29, 1.82) is 5.26 Å². The quantitative estimate of drug-likeness (QED) is 0.673. The number of hydrogen-bond donors (Lipinski definition) is 1. The monoisotopic (exact) mass is 220 g/mol. The first-order valence-corrected chi connectivity index (χ1v) is 5.46. The van der Waals surface area contributed by atoms with Crippen LogP contribution in [0.4, 0.5) is 0 Å². The van der Waals surface area contributed by atoms with Crippen LogP contribution in [-0.4, -0.2) is 43.1 Å². The Hall–Kier alpha value is -1.13. The van der Waals surface area contributed by atoms with Crippen molar-refractivity contribution < 1.29 is 18.3 Å². The first kappa shape index (κ1) is 12.9. The molecule has 0 bridgehead atoms. The molecule has 0 aromatic heterocycles. The normalized spacial score (nSPS) is 13.6. The molecule has 0 saturated carbocycles. The zero-order valence-corrected chi connectivity index (χ0v) is 8.78. The Morgan fingerprint density at radius 3 is 2.50 bits per heavy atom. The summed E-state index contributed by atoms with van der Waals surface area (Å²) in [6.45, 7) is 1.57. The Balaban J connectivity index is 4.46. The van der Waals surface area contributed by atoms with Gasteiger partial charge in [-0.05, 0) is 6.92 Å². The third kappa shape index (κ3) is 4.20. The molecule has 1 unspecified atom stereocenters. The maximum Gasteiger partial charge on any atom is 0.320 e. The fourth-order valence-electron chi connectivity index (χ4n) is 0.806. The molecule has 1 N–H and O–H groups in total. The van der Waals surface area contributed by atoms with Gasteiger partial charge in [0.05, 0.1) is 12.0 Å². The van der Waals surface area contributed by atoms with Crippen LogP contribution in [-0.2, 0) is 14.8 Å². The molecule has 0 aliphatic carbocycles. The molecule has 0 aliphatic heterocycles. The van der Waals surface area contributed by atoms with Crippen LogP contribution in [0.15, 0.2) is 0 Å². The third-order valence-corrected chi connectivity index (χ3v) is 3.24. The van der Waals surface area contributed by atoms with Crippen molar-refractivity contribution in [3.8, 4) is 6.07 Å². The molecule has 0 heterocycles. The van der Waals surface area contributed by atoms with Gasteiger partial charge < -0.3 is 5.11 Å². The van der Waals surface area contributed by atoms with Gasteiger partial charge in [0.1, 0.15) is 0 Å². The molecule has 0 spiro atoms. The second kappa shape index (κ2) is 4.93. The molecular weight excluding hydrogens is 208 g/mol. The highest BCUT2D eigenvalue weighted by atomic mass is 32.2. The van der Waals surface area contributed by atoms with Gasteiger partial charge in [-0.3, -0.25) is 4.79 Å². The van der Waals surface area contributed by atoms with Crippen LogP contribution in [0.25, 0.3) is 0 Å². The van der Waals surface area contributed by atoms with E-state index in [1.165, 1.54) is 7.05 Å². The second-order valence-corrected chi connectivity index (χ2v) is 5.04. The minimum atomic E-state index is -3.78. The molecule has 0 aromatic rings. The Morgan fingerprint density at radius 2 is 2.14 bits per heavy atom. The predicted molar refractivity (Wildman–Crippen MR) is 48.8 cm³/mol. The molecule has 0 saturated heterocycles. The lowest BCUT2D eigenvalue weighted by molar-refractivity contribution is -0.134. The van der Waals surface area contributed by atoms with Gasteiger partial charge in [-0.15, -0.1) is 0 Å². The molecular formula is C7H12N2O4S. The summed E-state index contributed by atoms with van der Waals surface area (Å²) < 4.78 is 23.3. The first-order valence-electron chi connectivity index (χ1n) is 3.85. The third-order valence-electron chi connectivity index (χ3n) is 1.53. The standard InChI is InChI=1S/C7H12N2O4S/c1-6(3-8)4-9(2)14(12,13)5-7(10)11/h6H,4-5H2,1-2H3,(H,10,11). The molecule has 0 fully saturated rings. The summed E-state index contributed by atoms with van der Waals surface area (Å²) in [7, 11) is -2.53. The lowest BCUT2D eigenvalue weighted by Gasteiger charge is -2.16. The van der Waals surface area contributed by atoms with Crippen LogP contribution >= 0.6 is 0 Å². The van der Waals surface area contributed by atoms with E-state index in [9.17, 15) is 13.2 Å². The number of hydrogen-bond acceptors (Lipinski definition) is 4. The largest absolute Gasteiger partial charge is 0.480 e. The van der Waals surface area contributed by atoms with E-state index >= 15 is 0 Å². The average molecular weight is 220 g/mol. The number of carbonyl (C=O) groups is 1. The van der Waals surface area contributed by atoms with Gasteiger partial charge in [0.2, 0.25) is 10.0 Å². The minimum absolute atomic E-state index is 0.00606. The van der Waals surface area contributed by atoms with E-state index in [1.54, 1.807) is 6.92 Å². The molecule has 0 aliphatic rings. The van der Waals surface area contributed by atoms with Crippen molar-refractivity contribution in [1.82, 2.24) is 4.31 Å². The Morgan fingerprint density at radius 1 is 1.64 bits per heavy atom. The van der Waals surface area contributed by atoms with E-state index in [0.717, 1.165) is 4.31 Å². The van der Waals surface area contributed by atoms with Crippen LogP contribution in [0.5, 0.6) is 0 Å². The topological polar surface area (TPSA) is 98.5 Å². The number of nitrogens with zero attached hydrogens (tertiary/aromatic N) is 2. The summed E-state index contributed by atoms with van der Waals surface area (Å²) in [5.74, 6) is -2.80. The maximum atomic E-state index is 11.2. The second-order valence-electron chi connectivity index (χ2n) is 2.96. The van der Waals surface area contributed by atoms with Crippen molar-refractivity contribution in [2.45, 2.75) is 6.92 Å². The summed E-state index contributed by atoms with van der Waals surface area (Å²) in [6, 6.07) is 1.87. The van der Waals surface area contributed by atoms with Gasteiger partial charge in [-0.2, -0.15) is 5.26 Å². The highest BCUT2D eigenvalue weighted by molar-refractivity contribution is 7.89. The van der Waals surface area contributed by atoms with Crippen molar-refractivity contribution in [2.24, 2.45) is 5.92 Å². The van der Waals surface area contributed by atoms with E-state index in [1.807, 2.05) is 6.07 Å². The smallest absolute Gasteiger partial charge is 0.320 e. The molecule has 80 valence electrons. The van der Waals surface area contributed by atoms with Gasteiger partial charge in [0.15, 0.2) is 5.75 Å². The average Bonchev–Trinajstić information content (AvgIpc) is 2.01. The molecule has 0 rings (SSSR count). The van der Waals surface area contributed by atoms with Crippen LogP contribution in [0, 0.1) is 17.2 Å². The van der Waals surface area contributed by atoms with Gasteiger partial charge >= 0.3 is 5.97 Å². The SMILES string of the molecule is CC(C#N)CN(C)S(=O)(=O)CC(=O)O. The number of rotatable bonds is 5. The predicted octanol–water partition coefficient (Wildman–Crippen LogP) is -0.508. The molecule has 0 amide bonds. The molecule has 14 heavy (non-hydrogen) atoms. The number of carboxylic acids is 1. The van der Waals surface area contributed by atoms with Gasteiger partial charge in [0, 0.05) is 13.6 Å². The van der Waals surface area contributed by atoms with E-state index in [2.05, 4.69) is 0 Å². The summed E-state index contributed by atoms with van der Waals surface area (Å²) in [6.07, 6.45) is 0.